The Morgan fingerprint density at radius 1 is 1.08 bits per heavy atom. The predicted molar refractivity (Wildman–Crippen MR) is 90.8 cm³/mol. The maximum absolute atomic E-state index is 5.83. The third kappa shape index (κ3) is 4.32. The normalized spacial score (nSPS) is 18.5. The van der Waals surface area contributed by atoms with Crippen LogP contribution >= 0.6 is 0 Å². The van der Waals surface area contributed by atoms with E-state index < -0.39 is 0 Å². The predicted octanol–water partition coefficient (Wildman–Crippen LogP) is 1.76. The van der Waals surface area contributed by atoms with Crippen LogP contribution in [0.2, 0.25) is 0 Å². The number of rotatable bonds is 6. The number of hydrogen-bond acceptors (Lipinski definition) is 6. The number of hydrogen-bond donors (Lipinski definition) is 0. The Morgan fingerprint density at radius 2 is 1.96 bits per heavy atom. The molecule has 7 heteroatoms. The van der Waals surface area contributed by atoms with E-state index in [1.807, 2.05) is 35.1 Å². The first-order valence-electron chi connectivity index (χ1n) is 8.52. The molecule has 1 aliphatic heterocycles. The fourth-order valence-electron chi connectivity index (χ4n) is 3.04. The number of aromatic nitrogens is 4. The molecule has 3 aromatic rings. The van der Waals surface area contributed by atoms with E-state index in [0.29, 0.717) is 31.4 Å². The zero-order valence-corrected chi connectivity index (χ0v) is 14.0. The molecule has 0 aliphatic carbocycles. The molecule has 7 nitrogen and oxygen atoms in total. The van der Waals surface area contributed by atoms with Crippen molar-refractivity contribution in [1.82, 2.24) is 24.9 Å². The zero-order chi connectivity index (χ0) is 16.9. The Balaban J connectivity index is 1.32. The summed E-state index contributed by atoms with van der Waals surface area (Å²) in [4.78, 5) is 2.29. The lowest BCUT2D eigenvalue weighted by Gasteiger charge is -2.31. The van der Waals surface area contributed by atoms with Gasteiger partial charge in [-0.1, -0.05) is 30.3 Å². The van der Waals surface area contributed by atoms with Gasteiger partial charge < -0.3 is 9.15 Å². The van der Waals surface area contributed by atoms with E-state index in [1.54, 1.807) is 6.20 Å². The minimum Gasteiger partial charge on any atom is -0.424 e. The molecular formula is C18H21N5O2. The Kier molecular flexibility index (Phi) is 4.85. The quantitative estimate of drug-likeness (QED) is 0.682. The average Bonchev–Trinajstić information content (AvgIpc) is 3.29. The minimum absolute atomic E-state index is 0.125. The second-order valence-corrected chi connectivity index (χ2v) is 6.21. The van der Waals surface area contributed by atoms with E-state index in [9.17, 15) is 0 Å². The van der Waals surface area contributed by atoms with Gasteiger partial charge in [-0.25, -0.2) is 0 Å². The zero-order valence-electron chi connectivity index (χ0n) is 14.0. The smallest absolute Gasteiger partial charge is 0.230 e. The summed E-state index contributed by atoms with van der Waals surface area (Å²) in [5.74, 6) is 1.31. The van der Waals surface area contributed by atoms with Gasteiger partial charge in [0.05, 0.1) is 32.2 Å². The van der Waals surface area contributed by atoms with Crippen LogP contribution in [0.15, 0.2) is 53.2 Å². The largest absolute Gasteiger partial charge is 0.424 e. The van der Waals surface area contributed by atoms with Crippen molar-refractivity contribution in [2.24, 2.45) is 0 Å². The number of morpholine rings is 1. The molecule has 0 radical (unpaired) electrons. The highest BCUT2D eigenvalue weighted by atomic mass is 16.5. The summed E-state index contributed by atoms with van der Waals surface area (Å²) in [6.07, 6.45) is 4.53. The van der Waals surface area contributed by atoms with E-state index in [-0.39, 0.29) is 6.10 Å². The molecule has 1 unspecified atom stereocenters. The van der Waals surface area contributed by atoms with Crippen LogP contribution in [0.4, 0.5) is 0 Å². The summed E-state index contributed by atoms with van der Waals surface area (Å²) < 4.78 is 13.5. The second kappa shape index (κ2) is 7.58. The molecule has 130 valence electrons. The molecule has 1 aromatic carbocycles. The molecule has 0 spiro atoms. The highest BCUT2D eigenvalue weighted by molar-refractivity contribution is 5.17. The van der Waals surface area contributed by atoms with E-state index in [2.05, 4.69) is 32.3 Å². The van der Waals surface area contributed by atoms with Gasteiger partial charge >= 0.3 is 0 Å². The first-order chi connectivity index (χ1) is 12.3. The van der Waals surface area contributed by atoms with Crippen molar-refractivity contribution in [3.05, 3.63) is 66.1 Å². The Bertz CT molecular complexity index is 772. The molecule has 0 saturated carbocycles. The second-order valence-electron chi connectivity index (χ2n) is 6.21. The van der Waals surface area contributed by atoms with Crippen molar-refractivity contribution in [3.63, 3.8) is 0 Å². The SMILES string of the molecule is c1ccc(Cc2nnc(CN3CCOC(Cn4cccn4)C3)o2)cc1. The molecule has 1 aliphatic rings. The summed E-state index contributed by atoms with van der Waals surface area (Å²) in [7, 11) is 0. The van der Waals surface area contributed by atoms with Gasteiger partial charge in [0.1, 0.15) is 0 Å². The molecule has 3 heterocycles. The van der Waals surface area contributed by atoms with Crippen molar-refractivity contribution in [3.8, 4) is 0 Å². The summed E-state index contributed by atoms with van der Waals surface area (Å²) in [5.41, 5.74) is 1.17. The Labute approximate surface area is 146 Å². The van der Waals surface area contributed by atoms with Gasteiger partial charge in [0.15, 0.2) is 0 Å². The van der Waals surface area contributed by atoms with Crippen LogP contribution in [-0.4, -0.2) is 50.7 Å². The van der Waals surface area contributed by atoms with Gasteiger partial charge in [0.2, 0.25) is 11.8 Å². The standard InChI is InChI=1S/C18H21N5O2/c1-2-5-15(6-3-1)11-17-20-21-18(25-17)14-22-9-10-24-16(12-22)13-23-8-4-7-19-23/h1-8,16H,9-14H2. The summed E-state index contributed by atoms with van der Waals surface area (Å²) in [5, 5.41) is 12.6. The lowest BCUT2D eigenvalue weighted by Crippen LogP contribution is -2.43. The van der Waals surface area contributed by atoms with Gasteiger partial charge in [0, 0.05) is 25.5 Å². The Hall–Kier alpha value is -2.51. The van der Waals surface area contributed by atoms with Crippen LogP contribution in [-0.2, 0) is 24.2 Å². The Morgan fingerprint density at radius 3 is 2.80 bits per heavy atom. The van der Waals surface area contributed by atoms with Crippen molar-refractivity contribution in [1.29, 1.82) is 0 Å². The molecular weight excluding hydrogens is 318 g/mol. The van der Waals surface area contributed by atoms with Gasteiger partial charge in [-0.05, 0) is 11.6 Å². The number of benzene rings is 1. The first kappa shape index (κ1) is 16.0. The minimum atomic E-state index is 0.125. The van der Waals surface area contributed by atoms with Crippen LogP contribution in [0.1, 0.15) is 17.3 Å². The van der Waals surface area contributed by atoms with Crippen LogP contribution in [0, 0.1) is 0 Å². The van der Waals surface area contributed by atoms with Crippen LogP contribution < -0.4 is 0 Å². The molecule has 0 N–H and O–H groups in total. The highest BCUT2D eigenvalue weighted by Crippen LogP contribution is 2.13. The van der Waals surface area contributed by atoms with Crippen molar-refractivity contribution < 1.29 is 9.15 Å². The van der Waals surface area contributed by atoms with Crippen molar-refractivity contribution in [2.75, 3.05) is 19.7 Å². The van der Waals surface area contributed by atoms with E-state index in [1.165, 1.54) is 5.56 Å². The van der Waals surface area contributed by atoms with Crippen molar-refractivity contribution in [2.45, 2.75) is 25.6 Å². The van der Waals surface area contributed by atoms with E-state index in [4.69, 9.17) is 9.15 Å². The molecule has 0 amide bonds. The third-order valence-electron chi connectivity index (χ3n) is 4.24. The fraction of sp³-hybridized carbons (Fsp3) is 0.389. The van der Waals surface area contributed by atoms with Gasteiger partial charge in [-0.15, -0.1) is 10.2 Å². The van der Waals surface area contributed by atoms with E-state index >= 15 is 0 Å². The van der Waals surface area contributed by atoms with Crippen LogP contribution in [0.5, 0.6) is 0 Å². The molecule has 25 heavy (non-hydrogen) atoms. The van der Waals surface area contributed by atoms with Gasteiger partial charge in [0.25, 0.3) is 0 Å². The number of nitrogens with zero attached hydrogens (tertiary/aromatic N) is 5. The topological polar surface area (TPSA) is 69.2 Å². The molecule has 1 atom stereocenters. The average molecular weight is 339 g/mol. The first-order valence-corrected chi connectivity index (χ1v) is 8.52. The molecule has 1 fully saturated rings. The summed E-state index contributed by atoms with van der Waals surface area (Å²) in [6, 6.07) is 12.1. The number of ether oxygens (including phenoxy) is 1. The molecule has 2 aromatic heterocycles. The fourth-order valence-corrected chi connectivity index (χ4v) is 3.04. The lowest BCUT2D eigenvalue weighted by molar-refractivity contribution is -0.0423. The summed E-state index contributed by atoms with van der Waals surface area (Å²) in [6.45, 7) is 3.81. The van der Waals surface area contributed by atoms with Crippen LogP contribution in [0.25, 0.3) is 0 Å². The van der Waals surface area contributed by atoms with E-state index in [0.717, 1.165) is 19.6 Å². The van der Waals surface area contributed by atoms with Gasteiger partial charge in [-0.2, -0.15) is 5.10 Å². The van der Waals surface area contributed by atoms with Gasteiger partial charge in [-0.3, -0.25) is 9.58 Å². The van der Waals surface area contributed by atoms with Crippen molar-refractivity contribution >= 4 is 0 Å². The molecule has 4 rings (SSSR count). The third-order valence-corrected chi connectivity index (χ3v) is 4.24. The lowest BCUT2D eigenvalue weighted by atomic mass is 10.2. The maximum atomic E-state index is 5.83. The highest BCUT2D eigenvalue weighted by Gasteiger charge is 2.22. The van der Waals surface area contributed by atoms with Crippen LogP contribution in [0.3, 0.4) is 0 Å². The summed E-state index contributed by atoms with van der Waals surface area (Å²) >= 11 is 0. The monoisotopic (exact) mass is 339 g/mol. The maximum Gasteiger partial charge on any atom is 0.230 e. The molecule has 1 saturated heterocycles. The molecule has 0 bridgehead atoms.